The number of hydrogen-bond donors (Lipinski definition) is 2. The van der Waals surface area contributed by atoms with Gasteiger partial charge in [0.25, 0.3) is 0 Å². The van der Waals surface area contributed by atoms with Crippen LogP contribution in [0.15, 0.2) is 48.8 Å². The third-order valence-corrected chi connectivity index (χ3v) is 5.86. The van der Waals surface area contributed by atoms with Gasteiger partial charge in [-0.25, -0.2) is 4.98 Å². The van der Waals surface area contributed by atoms with E-state index >= 15 is 0 Å². The molecule has 0 amide bonds. The highest BCUT2D eigenvalue weighted by atomic mass is 19.4. The Morgan fingerprint density at radius 3 is 2.67 bits per heavy atom. The van der Waals surface area contributed by atoms with Crippen molar-refractivity contribution in [3.63, 3.8) is 0 Å². The van der Waals surface area contributed by atoms with E-state index in [9.17, 15) is 13.2 Å². The maximum absolute atomic E-state index is 13.3. The lowest BCUT2D eigenvalue weighted by atomic mass is 10.0. The Morgan fingerprint density at radius 1 is 1.12 bits per heavy atom. The average Bonchev–Trinajstić information content (AvgIpc) is 3.27. The van der Waals surface area contributed by atoms with Crippen LogP contribution in [0.25, 0.3) is 16.7 Å². The molecule has 33 heavy (non-hydrogen) atoms. The lowest BCUT2D eigenvalue weighted by Crippen LogP contribution is -2.36. The molecule has 2 aromatic carbocycles. The average molecular weight is 456 g/mol. The van der Waals surface area contributed by atoms with E-state index in [1.54, 1.807) is 19.2 Å². The molecule has 1 unspecified atom stereocenters. The predicted octanol–water partition coefficient (Wildman–Crippen LogP) is 4.49. The topological polar surface area (TPSA) is 80.7 Å². The number of halogens is 3. The molecule has 1 aliphatic rings. The van der Waals surface area contributed by atoms with Crippen LogP contribution in [-0.2, 0) is 10.9 Å². The Bertz CT molecular complexity index is 1310. The highest BCUT2D eigenvalue weighted by Crippen LogP contribution is 2.34. The van der Waals surface area contributed by atoms with Crippen molar-refractivity contribution >= 4 is 33.9 Å². The maximum atomic E-state index is 13.3. The molecule has 0 saturated carbocycles. The number of anilines is 3. The van der Waals surface area contributed by atoms with Crippen molar-refractivity contribution in [3.8, 4) is 0 Å². The smallest absolute Gasteiger partial charge is 0.399 e. The van der Waals surface area contributed by atoms with Crippen LogP contribution < -0.4 is 16.0 Å². The first kappa shape index (κ1) is 21.3. The normalized spacial score (nSPS) is 15.8. The SMILES string of the molecule is CC(Nc1nc2nccn2c2ccc(N3CCOCC3)cc12)c1cc(N)cc(C(F)(F)F)c1. The molecule has 3 N–H and O–H groups in total. The number of benzene rings is 2. The summed E-state index contributed by atoms with van der Waals surface area (Å²) >= 11 is 0. The Hall–Kier alpha value is -3.53. The number of imidazole rings is 1. The summed E-state index contributed by atoms with van der Waals surface area (Å²) in [5.41, 5.74) is 7.40. The maximum Gasteiger partial charge on any atom is 0.416 e. The van der Waals surface area contributed by atoms with Gasteiger partial charge >= 0.3 is 6.18 Å². The molecule has 1 saturated heterocycles. The van der Waals surface area contributed by atoms with Crippen LogP contribution in [0.1, 0.15) is 24.1 Å². The van der Waals surface area contributed by atoms with Crippen LogP contribution in [-0.4, -0.2) is 40.7 Å². The monoisotopic (exact) mass is 456 g/mol. The van der Waals surface area contributed by atoms with E-state index in [-0.39, 0.29) is 5.69 Å². The lowest BCUT2D eigenvalue weighted by molar-refractivity contribution is -0.137. The molecule has 0 aliphatic carbocycles. The fraction of sp³-hybridized carbons (Fsp3) is 0.304. The molecule has 5 rings (SSSR count). The first-order chi connectivity index (χ1) is 15.8. The minimum Gasteiger partial charge on any atom is -0.399 e. The van der Waals surface area contributed by atoms with Gasteiger partial charge in [0.05, 0.1) is 30.3 Å². The molecule has 0 bridgehead atoms. The van der Waals surface area contributed by atoms with E-state index in [0.29, 0.717) is 30.4 Å². The Labute approximate surface area is 188 Å². The molecule has 1 fully saturated rings. The van der Waals surface area contributed by atoms with Crippen molar-refractivity contribution in [1.29, 1.82) is 0 Å². The Balaban J connectivity index is 1.57. The lowest BCUT2D eigenvalue weighted by Gasteiger charge is -2.29. The molecule has 3 heterocycles. The summed E-state index contributed by atoms with van der Waals surface area (Å²) in [7, 11) is 0. The van der Waals surface area contributed by atoms with Gasteiger partial charge in [-0.2, -0.15) is 18.2 Å². The van der Waals surface area contributed by atoms with Crippen molar-refractivity contribution < 1.29 is 17.9 Å². The highest BCUT2D eigenvalue weighted by Gasteiger charge is 2.31. The molecule has 172 valence electrons. The Kier molecular flexibility index (Phi) is 5.24. The standard InChI is InChI=1S/C23H23F3N6O/c1-14(15-10-16(23(24,25)26)12-17(27)11-15)29-21-19-13-18(31-6-8-33-9-7-31)2-3-20(19)32-5-4-28-22(32)30-21/h2-5,10-14H,6-9,27H2,1H3,(H,28,29,30). The largest absolute Gasteiger partial charge is 0.416 e. The summed E-state index contributed by atoms with van der Waals surface area (Å²) < 4.78 is 47.2. The predicted molar refractivity (Wildman–Crippen MR) is 121 cm³/mol. The van der Waals surface area contributed by atoms with E-state index in [4.69, 9.17) is 10.5 Å². The number of nitrogens with two attached hydrogens (primary N) is 1. The summed E-state index contributed by atoms with van der Waals surface area (Å²) in [6.45, 7) is 4.68. The van der Waals surface area contributed by atoms with Crippen molar-refractivity contribution in [1.82, 2.24) is 14.4 Å². The van der Waals surface area contributed by atoms with Gasteiger partial charge in [0.15, 0.2) is 0 Å². The van der Waals surface area contributed by atoms with E-state index < -0.39 is 17.8 Å². The van der Waals surface area contributed by atoms with E-state index in [2.05, 4.69) is 20.2 Å². The Morgan fingerprint density at radius 2 is 1.91 bits per heavy atom. The summed E-state index contributed by atoms with van der Waals surface area (Å²) in [5.74, 6) is 1.04. The first-order valence-corrected chi connectivity index (χ1v) is 10.6. The third kappa shape index (κ3) is 4.13. The van der Waals surface area contributed by atoms with E-state index in [0.717, 1.165) is 41.8 Å². The number of fused-ring (bicyclic) bond motifs is 3. The van der Waals surface area contributed by atoms with Crippen LogP contribution in [0.5, 0.6) is 0 Å². The van der Waals surface area contributed by atoms with Gasteiger partial charge in [-0.05, 0) is 48.9 Å². The number of nitrogens with one attached hydrogen (secondary N) is 1. The van der Waals surface area contributed by atoms with E-state index in [1.165, 1.54) is 0 Å². The summed E-state index contributed by atoms with van der Waals surface area (Å²) in [6, 6.07) is 9.22. The van der Waals surface area contributed by atoms with Gasteiger partial charge in [0, 0.05) is 42.2 Å². The quantitative estimate of drug-likeness (QED) is 0.441. The first-order valence-electron chi connectivity index (χ1n) is 10.6. The van der Waals surface area contributed by atoms with E-state index in [1.807, 2.05) is 28.8 Å². The fourth-order valence-electron chi connectivity index (χ4n) is 4.16. The molecule has 10 heteroatoms. The third-order valence-electron chi connectivity index (χ3n) is 5.86. The molecular formula is C23H23F3N6O. The molecule has 2 aromatic heterocycles. The van der Waals surface area contributed by atoms with Crippen molar-refractivity contribution in [2.45, 2.75) is 19.1 Å². The minimum atomic E-state index is -4.48. The molecule has 7 nitrogen and oxygen atoms in total. The summed E-state index contributed by atoms with van der Waals surface area (Å²) in [6.07, 6.45) is -0.977. The molecule has 0 radical (unpaired) electrons. The molecule has 1 aliphatic heterocycles. The number of rotatable bonds is 4. The molecule has 0 spiro atoms. The molecular weight excluding hydrogens is 433 g/mol. The van der Waals surface area contributed by atoms with Crippen LogP contribution in [0.4, 0.5) is 30.4 Å². The van der Waals surface area contributed by atoms with Gasteiger partial charge in [-0.3, -0.25) is 4.40 Å². The second-order valence-corrected chi connectivity index (χ2v) is 8.11. The summed E-state index contributed by atoms with van der Waals surface area (Å²) in [4.78, 5) is 11.2. The number of ether oxygens (including phenoxy) is 1. The van der Waals surface area contributed by atoms with Crippen molar-refractivity contribution in [2.24, 2.45) is 0 Å². The zero-order valence-corrected chi connectivity index (χ0v) is 17.9. The summed E-state index contributed by atoms with van der Waals surface area (Å²) in [5, 5.41) is 4.13. The molecule has 4 aromatic rings. The van der Waals surface area contributed by atoms with Gasteiger partial charge in [0.1, 0.15) is 5.82 Å². The number of morpholine rings is 1. The van der Waals surface area contributed by atoms with Crippen LogP contribution in [0.2, 0.25) is 0 Å². The zero-order chi connectivity index (χ0) is 23.2. The zero-order valence-electron chi connectivity index (χ0n) is 17.9. The highest BCUT2D eigenvalue weighted by molar-refractivity contribution is 5.93. The second-order valence-electron chi connectivity index (χ2n) is 8.11. The van der Waals surface area contributed by atoms with Crippen LogP contribution in [0.3, 0.4) is 0 Å². The number of aromatic nitrogens is 3. The number of nitrogens with zero attached hydrogens (tertiary/aromatic N) is 4. The number of nitrogen functional groups attached to an aromatic ring is 1. The van der Waals surface area contributed by atoms with Crippen LogP contribution >= 0.6 is 0 Å². The van der Waals surface area contributed by atoms with Gasteiger partial charge in [-0.1, -0.05) is 0 Å². The van der Waals surface area contributed by atoms with Gasteiger partial charge in [-0.15, -0.1) is 0 Å². The minimum absolute atomic E-state index is 0.0598. The fourth-order valence-corrected chi connectivity index (χ4v) is 4.16. The van der Waals surface area contributed by atoms with Gasteiger partial charge in [0.2, 0.25) is 5.78 Å². The van der Waals surface area contributed by atoms with Gasteiger partial charge < -0.3 is 20.7 Å². The number of hydrogen-bond acceptors (Lipinski definition) is 6. The molecule has 1 atom stereocenters. The second kappa shape index (κ2) is 8.11. The van der Waals surface area contributed by atoms with Crippen molar-refractivity contribution in [3.05, 3.63) is 59.9 Å². The number of alkyl halides is 3. The van der Waals surface area contributed by atoms with Crippen LogP contribution in [0, 0.1) is 0 Å². The van der Waals surface area contributed by atoms with Crippen molar-refractivity contribution in [2.75, 3.05) is 42.3 Å².